The molecule has 0 saturated heterocycles. The second-order valence-corrected chi connectivity index (χ2v) is 6.91. The molecule has 136 valence electrons. The first-order valence-electron chi connectivity index (χ1n) is 7.33. The minimum Gasteiger partial charge on any atom is -0.478 e. The van der Waals surface area contributed by atoms with Crippen molar-refractivity contribution in [2.45, 2.75) is 18.7 Å². The lowest BCUT2D eigenvalue weighted by Gasteiger charge is -2.09. The Morgan fingerprint density at radius 2 is 1.73 bits per heavy atom. The molecule has 3 N–H and O–H groups in total. The van der Waals surface area contributed by atoms with Gasteiger partial charge in [0.1, 0.15) is 11.6 Å². The number of carboxylic acids is 1. The van der Waals surface area contributed by atoms with Crippen LogP contribution in [0.5, 0.6) is 0 Å². The molecular formula is C16H16N4O5S. The van der Waals surface area contributed by atoms with Crippen molar-refractivity contribution in [2.75, 3.05) is 10.0 Å². The van der Waals surface area contributed by atoms with Crippen LogP contribution in [0.1, 0.15) is 11.5 Å². The predicted molar refractivity (Wildman–Crippen MR) is 94.2 cm³/mol. The molecule has 2 rings (SSSR count). The highest BCUT2D eigenvalue weighted by molar-refractivity contribution is 7.92. The van der Waals surface area contributed by atoms with Gasteiger partial charge in [-0.2, -0.15) is 0 Å². The molecule has 0 fully saturated rings. The van der Waals surface area contributed by atoms with E-state index >= 15 is 0 Å². The van der Waals surface area contributed by atoms with Gasteiger partial charge >= 0.3 is 5.97 Å². The van der Waals surface area contributed by atoms with Crippen LogP contribution >= 0.6 is 0 Å². The van der Waals surface area contributed by atoms with Gasteiger partial charge < -0.3 is 10.4 Å². The van der Waals surface area contributed by atoms with Gasteiger partial charge in [-0.1, -0.05) is 0 Å². The second-order valence-electron chi connectivity index (χ2n) is 5.23. The van der Waals surface area contributed by atoms with E-state index in [4.69, 9.17) is 5.11 Å². The molecule has 10 heteroatoms. The Hall–Kier alpha value is -3.27. The van der Waals surface area contributed by atoms with E-state index in [2.05, 4.69) is 20.0 Å². The van der Waals surface area contributed by atoms with Gasteiger partial charge in [-0.3, -0.25) is 9.52 Å². The number of sulfonamides is 1. The Morgan fingerprint density at radius 3 is 2.31 bits per heavy atom. The fourth-order valence-electron chi connectivity index (χ4n) is 2.01. The Morgan fingerprint density at radius 1 is 1.08 bits per heavy atom. The van der Waals surface area contributed by atoms with Crippen LogP contribution < -0.4 is 10.0 Å². The molecule has 0 aliphatic carbocycles. The van der Waals surface area contributed by atoms with Gasteiger partial charge in [-0.05, 0) is 38.1 Å². The van der Waals surface area contributed by atoms with Crippen LogP contribution in [-0.2, 0) is 19.6 Å². The minimum absolute atomic E-state index is 0.0227. The summed E-state index contributed by atoms with van der Waals surface area (Å²) >= 11 is 0. The van der Waals surface area contributed by atoms with Crippen molar-refractivity contribution in [1.82, 2.24) is 9.97 Å². The number of aryl methyl sites for hydroxylation is 2. The highest BCUT2D eigenvalue weighted by Gasteiger charge is 2.15. The molecule has 0 bridgehead atoms. The number of aromatic nitrogens is 2. The van der Waals surface area contributed by atoms with E-state index in [1.165, 1.54) is 30.3 Å². The SMILES string of the molecule is Cc1cc(NS(=O)(=O)c2ccc(NC(=O)/C=C\C(=O)O)cc2)nc(C)n1. The Balaban J connectivity index is 2.13. The molecule has 26 heavy (non-hydrogen) atoms. The fraction of sp³-hybridized carbons (Fsp3) is 0.125. The second kappa shape index (κ2) is 7.74. The summed E-state index contributed by atoms with van der Waals surface area (Å²) in [6.45, 7) is 3.38. The van der Waals surface area contributed by atoms with Crippen LogP contribution in [0.2, 0.25) is 0 Å². The third-order valence-corrected chi connectivity index (χ3v) is 4.39. The van der Waals surface area contributed by atoms with Gasteiger partial charge in [-0.15, -0.1) is 0 Å². The molecule has 0 aliphatic rings. The summed E-state index contributed by atoms with van der Waals surface area (Å²) in [6, 6.07) is 6.89. The van der Waals surface area contributed by atoms with Crippen molar-refractivity contribution in [1.29, 1.82) is 0 Å². The zero-order valence-electron chi connectivity index (χ0n) is 13.9. The molecule has 0 atom stereocenters. The van der Waals surface area contributed by atoms with Crippen LogP contribution in [0.4, 0.5) is 11.5 Å². The molecule has 0 spiro atoms. The monoisotopic (exact) mass is 376 g/mol. The summed E-state index contributed by atoms with van der Waals surface area (Å²) in [5.41, 5.74) is 0.945. The van der Waals surface area contributed by atoms with E-state index in [9.17, 15) is 18.0 Å². The summed E-state index contributed by atoms with van der Waals surface area (Å²) in [7, 11) is -3.86. The molecule has 0 saturated carbocycles. The number of aliphatic carboxylic acids is 1. The highest BCUT2D eigenvalue weighted by Crippen LogP contribution is 2.17. The van der Waals surface area contributed by atoms with Crippen molar-refractivity contribution in [3.63, 3.8) is 0 Å². The topological polar surface area (TPSA) is 138 Å². The average Bonchev–Trinajstić information content (AvgIpc) is 2.52. The molecule has 0 unspecified atom stereocenters. The largest absolute Gasteiger partial charge is 0.478 e. The highest BCUT2D eigenvalue weighted by atomic mass is 32.2. The molecule has 1 heterocycles. The predicted octanol–water partition coefficient (Wildman–Crippen LogP) is 1.47. The first kappa shape index (κ1) is 19.1. The molecule has 0 radical (unpaired) electrons. The number of carbonyl (C=O) groups is 2. The summed E-state index contributed by atoms with van der Waals surface area (Å²) < 4.78 is 27.2. The van der Waals surface area contributed by atoms with Gasteiger partial charge in [0.05, 0.1) is 4.90 Å². The zero-order valence-corrected chi connectivity index (χ0v) is 14.7. The number of benzene rings is 1. The van der Waals surface area contributed by atoms with Crippen LogP contribution in [0.3, 0.4) is 0 Å². The van der Waals surface area contributed by atoms with Gasteiger partial charge in [0.2, 0.25) is 5.91 Å². The maximum atomic E-state index is 12.4. The maximum Gasteiger partial charge on any atom is 0.328 e. The van der Waals surface area contributed by atoms with E-state index in [1.807, 2.05) is 0 Å². The molecule has 1 aromatic heterocycles. The molecule has 0 aliphatic heterocycles. The van der Waals surface area contributed by atoms with E-state index in [0.29, 0.717) is 23.3 Å². The summed E-state index contributed by atoms with van der Waals surface area (Å²) in [4.78, 5) is 29.9. The first-order chi connectivity index (χ1) is 12.2. The zero-order chi connectivity index (χ0) is 19.3. The van der Waals surface area contributed by atoms with Crippen molar-refractivity contribution in [3.05, 3.63) is 54.0 Å². The molecule has 2 aromatic rings. The summed E-state index contributed by atoms with van der Waals surface area (Å²) in [6.07, 6.45) is 1.55. The first-order valence-corrected chi connectivity index (χ1v) is 8.81. The number of anilines is 2. The van der Waals surface area contributed by atoms with E-state index in [0.717, 1.165) is 6.08 Å². The van der Waals surface area contributed by atoms with Crippen molar-refractivity contribution in [2.24, 2.45) is 0 Å². The van der Waals surface area contributed by atoms with Gasteiger partial charge in [0.25, 0.3) is 10.0 Å². The number of hydrogen-bond acceptors (Lipinski definition) is 6. The van der Waals surface area contributed by atoms with Crippen molar-refractivity contribution < 1.29 is 23.1 Å². The number of amides is 1. The smallest absolute Gasteiger partial charge is 0.328 e. The summed E-state index contributed by atoms with van der Waals surface area (Å²) in [5.74, 6) is -1.29. The Bertz CT molecular complexity index is 948. The van der Waals surface area contributed by atoms with Crippen LogP contribution in [0.25, 0.3) is 0 Å². The van der Waals surface area contributed by atoms with E-state index in [-0.39, 0.29) is 10.7 Å². The lowest BCUT2D eigenvalue weighted by molar-refractivity contribution is -0.131. The van der Waals surface area contributed by atoms with E-state index in [1.54, 1.807) is 13.8 Å². The summed E-state index contributed by atoms with van der Waals surface area (Å²) in [5, 5.41) is 10.9. The molecule has 9 nitrogen and oxygen atoms in total. The lowest BCUT2D eigenvalue weighted by atomic mass is 10.3. The average molecular weight is 376 g/mol. The number of nitrogens with zero attached hydrogens (tertiary/aromatic N) is 2. The third-order valence-electron chi connectivity index (χ3n) is 3.01. The lowest BCUT2D eigenvalue weighted by Crippen LogP contribution is -2.15. The number of carboxylic acid groups (broad SMARTS) is 1. The number of nitrogens with one attached hydrogen (secondary N) is 2. The van der Waals surface area contributed by atoms with Crippen LogP contribution in [-0.4, -0.2) is 35.4 Å². The van der Waals surface area contributed by atoms with E-state index < -0.39 is 21.9 Å². The van der Waals surface area contributed by atoms with Gasteiger partial charge in [-0.25, -0.2) is 23.2 Å². The quantitative estimate of drug-likeness (QED) is 0.649. The Kier molecular flexibility index (Phi) is 5.68. The normalized spacial score (nSPS) is 11.3. The maximum absolute atomic E-state index is 12.4. The standard InChI is InChI=1S/C16H16N4O5S/c1-10-9-14(18-11(2)17-10)20-26(24,25)13-5-3-12(4-6-13)19-15(21)7-8-16(22)23/h3-9H,1-2H3,(H,19,21)(H,22,23)(H,17,18,20)/b8-7-. The third kappa shape index (κ3) is 5.38. The van der Waals surface area contributed by atoms with Crippen molar-refractivity contribution in [3.8, 4) is 0 Å². The Labute approximate surface area is 149 Å². The van der Waals surface area contributed by atoms with Crippen LogP contribution in [0.15, 0.2) is 47.4 Å². The molecule has 1 amide bonds. The number of hydrogen-bond donors (Lipinski definition) is 3. The molecule has 1 aromatic carbocycles. The van der Waals surface area contributed by atoms with Gasteiger partial charge in [0, 0.05) is 29.6 Å². The number of carbonyl (C=O) groups excluding carboxylic acids is 1. The fourth-order valence-corrected chi connectivity index (χ4v) is 3.01. The van der Waals surface area contributed by atoms with Crippen LogP contribution in [0, 0.1) is 13.8 Å². The number of rotatable bonds is 6. The minimum atomic E-state index is -3.86. The van der Waals surface area contributed by atoms with Gasteiger partial charge in [0.15, 0.2) is 0 Å². The molecular weight excluding hydrogens is 360 g/mol. The van der Waals surface area contributed by atoms with Crippen molar-refractivity contribution >= 4 is 33.4 Å².